The Kier molecular flexibility index (Phi) is 6.83. The van der Waals surface area contributed by atoms with Crippen molar-refractivity contribution in [3.8, 4) is 0 Å². The normalized spacial score (nSPS) is 17.3. The standard InChI is InChI=1S/C21H33NO/c1-21(2,3)19-13-16-22(17-14-19)15-7-10-20(23)12-11-18-8-5-4-6-9-18/h4-6,8-9,19H,7,10-17H2,1-3H3. The summed E-state index contributed by atoms with van der Waals surface area (Å²) < 4.78 is 0. The maximum absolute atomic E-state index is 12.0. The number of hydrogen-bond acceptors (Lipinski definition) is 2. The van der Waals surface area contributed by atoms with Crippen molar-refractivity contribution in [3.63, 3.8) is 0 Å². The number of Topliss-reactive ketones (excluding diaryl/α,β-unsaturated/α-hetero) is 1. The SMILES string of the molecule is CC(C)(C)C1CCN(CCCC(=O)CCc2ccccc2)CC1. The van der Waals surface area contributed by atoms with Crippen LogP contribution in [0, 0.1) is 11.3 Å². The topological polar surface area (TPSA) is 20.3 Å². The zero-order chi connectivity index (χ0) is 16.7. The molecule has 1 aromatic rings. The average molecular weight is 316 g/mol. The number of carbonyl (C=O) groups excluding carboxylic acids is 1. The van der Waals surface area contributed by atoms with Crippen LogP contribution in [0.25, 0.3) is 0 Å². The van der Waals surface area contributed by atoms with E-state index in [9.17, 15) is 4.79 Å². The molecule has 0 atom stereocenters. The van der Waals surface area contributed by atoms with E-state index in [4.69, 9.17) is 0 Å². The number of aryl methyl sites for hydroxylation is 1. The Bertz CT molecular complexity index is 466. The van der Waals surface area contributed by atoms with Gasteiger partial charge < -0.3 is 4.90 Å². The van der Waals surface area contributed by atoms with Crippen molar-refractivity contribution in [2.45, 2.75) is 59.3 Å². The first-order valence-electron chi connectivity index (χ1n) is 9.23. The van der Waals surface area contributed by atoms with E-state index in [2.05, 4.69) is 37.8 Å². The summed E-state index contributed by atoms with van der Waals surface area (Å²) in [6.45, 7) is 10.6. The highest BCUT2D eigenvalue weighted by Crippen LogP contribution is 2.34. The molecule has 2 nitrogen and oxygen atoms in total. The lowest BCUT2D eigenvalue weighted by atomic mass is 9.75. The van der Waals surface area contributed by atoms with Crippen LogP contribution >= 0.6 is 0 Å². The first-order valence-corrected chi connectivity index (χ1v) is 9.23. The second kappa shape index (κ2) is 8.63. The summed E-state index contributed by atoms with van der Waals surface area (Å²) in [5.74, 6) is 1.27. The van der Waals surface area contributed by atoms with Crippen molar-refractivity contribution in [3.05, 3.63) is 35.9 Å². The maximum atomic E-state index is 12.0. The zero-order valence-corrected chi connectivity index (χ0v) is 15.2. The summed E-state index contributed by atoms with van der Waals surface area (Å²) in [5, 5.41) is 0. The van der Waals surface area contributed by atoms with E-state index in [0.29, 0.717) is 17.6 Å². The molecule has 1 heterocycles. The van der Waals surface area contributed by atoms with Gasteiger partial charge in [-0.2, -0.15) is 0 Å². The minimum absolute atomic E-state index is 0.415. The largest absolute Gasteiger partial charge is 0.303 e. The Balaban J connectivity index is 1.58. The molecule has 0 N–H and O–H groups in total. The highest BCUT2D eigenvalue weighted by Gasteiger charge is 2.28. The van der Waals surface area contributed by atoms with Crippen molar-refractivity contribution < 1.29 is 4.79 Å². The van der Waals surface area contributed by atoms with Gasteiger partial charge >= 0.3 is 0 Å². The van der Waals surface area contributed by atoms with Crippen LogP contribution in [0.15, 0.2) is 30.3 Å². The van der Waals surface area contributed by atoms with Crippen LogP contribution in [0.2, 0.25) is 0 Å². The molecule has 1 fully saturated rings. The molecular formula is C21H33NO. The fourth-order valence-electron chi connectivity index (χ4n) is 3.58. The third-order valence-corrected chi connectivity index (χ3v) is 5.28. The van der Waals surface area contributed by atoms with Gasteiger partial charge in [-0.1, -0.05) is 51.1 Å². The van der Waals surface area contributed by atoms with Crippen LogP contribution in [0.4, 0.5) is 0 Å². The first kappa shape index (κ1) is 18.2. The smallest absolute Gasteiger partial charge is 0.133 e. The molecule has 1 aliphatic heterocycles. The van der Waals surface area contributed by atoms with Gasteiger partial charge in [0.2, 0.25) is 0 Å². The lowest BCUT2D eigenvalue weighted by molar-refractivity contribution is -0.119. The molecule has 0 aromatic heterocycles. The summed E-state index contributed by atoms with van der Waals surface area (Å²) in [5.41, 5.74) is 1.71. The molecule has 23 heavy (non-hydrogen) atoms. The Morgan fingerprint density at radius 1 is 1.09 bits per heavy atom. The number of ketones is 1. The molecule has 2 rings (SSSR count). The molecule has 0 spiro atoms. The lowest BCUT2D eigenvalue weighted by Crippen LogP contribution is -2.38. The molecule has 0 saturated carbocycles. The maximum Gasteiger partial charge on any atom is 0.133 e. The minimum Gasteiger partial charge on any atom is -0.303 e. The number of likely N-dealkylation sites (tertiary alicyclic amines) is 1. The number of benzene rings is 1. The monoisotopic (exact) mass is 315 g/mol. The number of rotatable bonds is 7. The molecule has 0 unspecified atom stereocenters. The summed E-state index contributed by atoms with van der Waals surface area (Å²) >= 11 is 0. The van der Waals surface area contributed by atoms with Crippen LogP contribution in [0.5, 0.6) is 0 Å². The zero-order valence-electron chi connectivity index (χ0n) is 15.2. The fourth-order valence-corrected chi connectivity index (χ4v) is 3.58. The van der Waals surface area contributed by atoms with E-state index in [-0.39, 0.29) is 0 Å². The quantitative estimate of drug-likeness (QED) is 0.725. The van der Waals surface area contributed by atoms with Crippen LogP contribution in [0.1, 0.15) is 58.4 Å². The third kappa shape index (κ3) is 6.47. The number of carbonyl (C=O) groups is 1. The highest BCUT2D eigenvalue weighted by molar-refractivity contribution is 5.78. The van der Waals surface area contributed by atoms with Gasteiger partial charge in [0.15, 0.2) is 0 Å². The first-order chi connectivity index (χ1) is 10.9. The van der Waals surface area contributed by atoms with Crippen LogP contribution < -0.4 is 0 Å². The highest BCUT2D eigenvalue weighted by atomic mass is 16.1. The van der Waals surface area contributed by atoms with Crippen molar-refractivity contribution in [2.24, 2.45) is 11.3 Å². The van der Waals surface area contributed by atoms with Crippen molar-refractivity contribution in [1.82, 2.24) is 4.90 Å². The number of hydrogen-bond donors (Lipinski definition) is 0. The van der Waals surface area contributed by atoms with Gasteiger partial charge in [-0.3, -0.25) is 4.79 Å². The van der Waals surface area contributed by atoms with Gasteiger partial charge in [-0.25, -0.2) is 0 Å². The van der Waals surface area contributed by atoms with E-state index >= 15 is 0 Å². The molecule has 2 heteroatoms. The molecule has 0 amide bonds. The molecule has 1 aromatic carbocycles. The predicted octanol–water partition coefficient (Wildman–Crippen LogP) is 4.73. The van der Waals surface area contributed by atoms with Crippen molar-refractivity contribution >= 4 is 5.78 Å². The lowest BCUT2D eigenvalue weighted by Gasteiger charge is -2.38. The number of piperidine rings is 1. The van der Waals surface area contributed by atoms with Crippen LogP contribution in [-0.2, 0) is 11.2 Å². The van der Waals surface area contributed by atoms with Crippen molar-refractivity contribution in [2.75, 3.05) is 19.6 Å². The Morgan fingerprint density at radius 3 is 2.35 bits per heavy atom. The molecule has 1 aliphatic rings. The molecular weight excluding hydrogens is 282 g/mol. The minimum atomic E-state index is 0.415. The van der Waals surface area contributed by atoms with Gasteiger partial charge in [-0.05, 0) is 62.2 Å². The van der Waals surface area contributed by atoms with E-state index in [1.54, 1.807) is 0 Å². The fraction of sp³-hybridized carbons (Fsp3) is 0.667. The number of nitrogens with zero attached hydrogens (tertiary/aromatic N) is 1. The van der Waals surface area contributed by atoms with Crippen LogP contribution in [-0.4, -0.2) is 30.3 Å². The van der Waals surface area contributed by atoms with E-state index in [1.165, 1.54) is 31.5 Å². The summed E-state index contributed by atoms with van der Waals surface area (Å²) in [6.07, 6.45) is 5.96. The van der Waals surface area contributed by atoms with Gasteiger partial charge in [0, 0.05) is 12.8 Å². The molecule has 1 saturated heterocycles. The Hall–Kier alpha value is -1.15. The average Bonchev–Trinajstić information content (AvgIpc) is 2.53. The Morgan fingerprint density at radius 2 is 1.74 bits per heavy atom. The summed E-state index contributed by atoms with van der Waals surface area (Å²) in [6, 6.07) is 10.3. The van der Waals surface area contributed by atoms with Gasteiger partial charge in [0.25, 0.3) is 0 Å². The second-order valence-corrected chi connectivity index (χ2v) is 8.11. The molecule has 0 aliphatic carbocycles. The predicted molar refractivity (Wildman–Crippen MR) is 97.6 cm³/mol. The van der Waals surface area contributed by atoms with E-state index in [1.807, 2.05) is 18.2 Å². The van der Waals surface area contributed by atoms with Gasteiger partial charge in [0.05, 0.1) is 0 Å². The Labute approximate surface area is 142 Å². The molecule has 0 bridgehead atoms. The third-order valence-electron chi connectivity index (χ3n) is 5.28. The van der Waals surface area contributed by atoms with Crippen LogP contribution in [0.3, 0.4) is 0 Å². The molecule has 128 valence electrons. The second-order valence-electron chi connectivity index (χ2n) is 8.11. The molecule has 0 radical (unpaired) electrons. The van der Waals surface area contributed by atoms with E-state index in [0.717, 1.165) is 31.7 Å². The van der Waals surface area contributed by atoms with Gasteiger partial charge in [0.1, 0.15) is 5.78 Å². The summed E-state index contributed by atoms with van der Waals surface area (Å²) in [4.78, 5) is 14.6. The van der Waals surface area contributed by atoms with Gasteiger partial charge in [-0.15, -0.1) is 0 Å². The van der Waals surface area contributed by atoms with Crippen molar-refractivity contribution in [1.29, 1.82) is 0 Å². The van der Waals surface area contributed by atoms with E-state index < -0.39 is 0 Å². The summed E-state index contributed by atoms with van der Waals surface area (Å²) in [7, 11) is 0.